The van der Waals surface area contributed by atoms with Gasteiger partial charge in [0.25, 0.3) is 0 Å². The third-order valence-corrected chi connectivity index (χ3v) is 2.41. The van der Waals surface area contributed by atoms with Gasteiger partial charge in [0.1, 0.15) is 0 Å². The highest BCUT2D eigenvalue weighted by molar-refractivity contribution is 5.66. The fourth-order valence-corrected chi connectivity index (χ4v) is 1.57. The average Bonchev–Trinajstić information content (AvgIpc) is 2.32. The number of alkyl halides is 3. The molecule has 0 aliphatic heterocycles. The van der Waals surface area contributed by atoms with E-state index in [1.54, 1.807) is 0 Å². The van der Waals surface area contributed by atoms with Crippen LogP contribution in [0.25, 0.3) is 11.3 Å². The van der Waals surface area contributed by atoms with Crippen molar-refractivity contribution < 1.29 is 22.0 Å². The maximum atomic E-state index is 13.1. The fraction of sp³-hybridized carbons (Fsp3) is 0.0833. The van der Waals surface area contributed by atoms with Crippen molar-refractivity contribution in [2.45, 2.75) is 6.18 Å². The van der Waals surface area contributed by atoms with Crippen molar-refractivity contribution in [2.75, 3.05) is 5.73 Å². The third kappa shape index (κ3) is 2.64. The summed E-state index contributed by atoms with van der Waals surface area (Å²) in [6.07, 6.45) is -3.67. The van der Waals surface area contributed by atoms with Gasteiger partial charge in [-0.05, 0) is 24.3 Å². The van der Waals surface area contributed by atoms with E-state index in [1.165, 1.54) is 0 Å². The van der Waals surface area contributed by atoms with E-state index in [2.05, 4.69) is 4.98 Å². The topological polar surface area (TPSA) is 38.9 Å². The quantitative estimate of drug-likeness (QED) is 0.806. The molecule has 0 fully saturated rings. The molecule has 19 heavy (non-hydrogen) atoms. The first kappa shape index (κ1) is 13.3. The summed E-state index contributed by atoms with van der Waals surface area (Å²) in [5.74, 6) is -2.39. The highest BCUT2D eigenvalue weighted by Gasteiger charge is 2.35. The van der Waals surface area contributed by atoms with Gasteiger partial charge in [0, 0.05) is 5.56 Å². The van der Waals surface area contributed by atoms with Gasteiger partial charge in [-0.1, -0.05) is 0 Å². The second-order valence-electron chi connectivity index (χ2n) is 3.79. The SMILES string of the molecule is Nc1cnc(-c2ccc(F)c(F)c2)c(C(F)(F)F)c1. The maximum absolute atomic E-state index is 13.1. The normalized spacial score (nSPS) is 11.6. The summed E-state index contributed by atoms with van der Waals surface area (Å²) in [5, 5.41) is 0. The molecule has 0 amide bonds. The van der Waals surface area contributed by atoms with E-state index in [1.807, 2.05) is 0 Å². The minimum atomic E-state index is -4.69. The van der Waals surface area contributed by atoms with Crippen LogP contribution in [0.15, 0.2) is 30.5 Å². The number of aromatic nitrogens is 1. The summed E-state index contributed by atoms with van der Waals surface area (Å²) in [5.41, 5.74) is 3.32. The predicted octanol–water partition coefficient (Wildman–Crippen LogP) is 3.63. The zero-order chi connectivity index (χ0) is 14.2. The van der Waals surface area contributed by atoms with Crippen molar-refractivity contribution >= 4 is 5.69 Å². The van der Waals surface area contributed by atoms with Crippen molar-refractivity contribution in [3.05, 3.63) is 47.7 Å². The molecule has 1 heterocycles. The molecule has 0 saturated carbocycles. The van der Waals surface area contributed by atoms with Crippen LogP contribution < -0.4 is 5.73 Å². The molecule has 0 aliphatic carbocycles. The van der Waals surface area contributed by atoms with E-state index >= 15 is 0 Å². The molecule has 0 unspecified atom stereocenters. The molecule has 0 spiro atoms. The highest BCUT2D eigenvalue weighted by atomic mass is 19.4. The molecule has 0 radical (unpaired) electrons. The molecule has 2 N–H and O–H groups in total. The Labute approximate surface area is 104 Å². The van der Waals surface area contributed by atoms with Gasteiger partial charge < -0.3 is 5.73 Å². The first-order chi connectivity index (χ1) is 8.79. The smallest absolute Gasteiger partial charge is 0.397 e. The van der Waals surface area contributed by atoms with E-state index < -0.39 is 29.1 Å². The maximum Gasteiger partial charge on any atom is 0.418 e. The first-order valence-electron chi connectivity index (χ1n) is 5.07. The Morgan fingerprint density at radius 1 is 1.00 bits per heavy atom. The summed E-state index contributed by atoms with van der Waals surface area (Å²) in [4.78, 5) is 3.55. The number of nitrogens with two attached hydrogens (primary N) is 1. The molecular weight excluding hydrogens is 267 g/mol. The number of nitrogen functional groups attached to an aromatic ring is 1. The van der Waals surface area contributed by atoms with Crippen LogP contribution >= 0.6 is 0 Å². The molecule has 7 heteroatoms. The molecule has 2 nitrogen and oxygen atoms in total. The minimum absolute atomic E-state index is 0.168. The zero-order valence-electron chi connectivity index (χ0n) is 9.30. The van der Waals surface area contributed by atoms with Gasteiger partial charge in [0.15, 0.2) is 11.6 Å². The molecule has 1 aromatic carbocycles. The van der Waals surface area contributed by atoms with Crippen LogP contribution in [0.3, 0.4) is 0 Å². The second-order valence-corrected chi connectivity index (χ2v) is 3.79. The van der Waals surface area contributed by atoms with Crippen LogP contribution in [-0.4, -0.2) is 4.98 Å². The Hall–Kier alpha value is -2.18. The van der Waals surface area contributed by atoms with Crippen LogP contribution in [0, 0.1) is 11.6 Å². The average molecular weight is 274 g/mol. The largest absolute Gasteiger partial charge is 0.418 e. The number of rotatable bonds is 1. The van der Waals surface area contributed by atoms with Gasteiger partial charge in [-0.15, -0.1) is 0 Å². The van der Waals surface area contributed by atoms with E-state index in [0.29, 0.717) is 12.1 Å². The molecule has 100 valence electrons. The number of anilines is 1. The molecule has 1 aromatic heterocycles. The molecule has 0 atom stereocenters. The molecule has 2 rings (SSSR count). The van der Waals surface area contributed by atoms with Gasteiger partial charge >= 0.3 is 6.18 Å². The Kier molecular flexibility index (Phi) is 3.13. The molecular formula is C12H7F5N2. The van der Waals surface area contributed by atoms with Crippen LogP contribution in [0.5, 0.6) is 0 Å². The lowest BCUT2D eigenvalue weighted by Crippen LogP contribution is -2.09. The van der Waals surface area contributed by atoms with Gasteiger partial charge in [-0.2, -0.15) is 13.2 Å². The van der Waals surface area contributed by atoms with Crippen LogP contribution in [0.1, 0.15) is 5.56 Å². The number of halogens is 5. The van der Waals surface area contributed by atoms with E-state index in [0.717, 1.165) is 18.3 Å². The lowest BCUT2D eigenvalue weighted by atomic mass is 10.0. The van der Waals surface area contributed by atoms with Crippen LogP contribution in [-0.2, 0) is 6.18 Å². The summed E-state index contributed by atoms with van der Waals surface area (Å²) in [6, 6.07) is 3.11. The molecule has 0 bridgehead atoms. The van der Waals surface area contributed by atoms with E-state index in [4.69, 9.17) is 5.73 Å². The number of benzene rings is 1. The molecule has 0 aliphatic rings. The highest BCUT2D eigenvalue weighted by Crippen LogP contribution is 2.37. The third-order valence-electron chi connectivity index (χ3n) is 2.41. The Balaban J connectivity index is 2.65. The van der Waals surface area contributed by atoms with Gasteiger partial charge in [-0.3, -0.25) is 4.98 Å². The Bertz CT molecular complexity index is 622. The van der Waals surface area contributed by atoms with E-state index in [9.17, 15) is 22.0 Å². The van der Waals surface area contributed by atoms with Gasteiger partial charge in [0.05, 0.1) is 23.1 Å². The predicted molar refractivity (Wildman–Crippen MR) is 59.0 cm³/mol. The fourth-order valence-electron chi connectivity index (χ4n) is 1.57. The number of pyridine rings is 1. The van der Waals surface area contributed by atoms with Crippen molar-refractivity contribution in [3.63, 3.8) is 0 Å². The molecule has 0 saturated heterocycles. The van der Waals surface area contributed by atoms with Crippen molar-refractivity contribution in [1.29, 1.82) is 0 Å². The zero-order valence-corrected chi connectivity index (χ0v) is 9.30. The van der Waals surface area contributed by atoms with Gasteiger partial charge in [-0.25, -0.2) is 8.78 Å². The Morgan fingerprint density at radius 2 is 1.68 bits per heavy atom. The lowest BCUT2D eigenvalue weighted by Gasteiger charge is -2.12. The van der Waals surface area contributed by atoms with Crippen LogP contribution in [0.2, 0.25) is 0 Å². The van der Waals surface area contributed by atoms with Crippen molar-refractivity contribution in [3.8, 4) is 11.3 Å². The van der Waals surface area contributed by atoms with Crippen molar-refractivity contribution in [2.24, 2.45) is 0 Å². The first-order valence-corrected chi connectivity index (χ1v) is 5.07. The Morgan fingerprint density at radius 3 is 2.26 bits per heavy atom. The summed E-state index contributed by atoms with van der Waals surface area (Å²) < 4.78 is 64.3. The number of hydrogen-bond acceptors (Lipinski definition) is 2. The minimum Gasteiger partial charge on any atom is -0.397 e. The second kappa shape index (κ2) is 4.49. The molecule has 2 aromatic rings. The monoisotopic (exact) mass is 274 g/mol. The number of hydrogen-bond donors (Lipinski definition) is 1. The standard InChI is InChI=1S/C12H7F5N2/c13-9-2-1-6(3-10(9)14)11-8(12(15,16)17)4-7(18)5-19-11/h1-5H,18H2. The lowest BCUT2D eigenvalue weighted by molar-refractivity contribution is -0.137. The number of nitrogens with zero attached hydrogens (tertiary/aromatic N) is 1. The van der Waals surface area contributed by atoms with Crippen LogP contribution in [0.4, 0.5) is 27.6 Å². The van der Waals surface area contributed by atoms with Gasteiger partial charge in [0.2, 0.25) is 0 Å². The summed E-state index contributed by atoms with van der Waals surface area (Å²) in [7, 11) is 0. The van der Waals surface area contributed by atoms with Crippen molar-refractivity contribution in [1.82, 2.24) is 4.98 Å². The van der Waals surface area contributed by atoms with E-state index in [-0.39, 0.29) is 11.3 Å². The summed E-state index contributed by atoms with van der Waals surface area (Å²) >= 11 is 0. The summed E-state index contributed by atoms with van der Waals surface area (Å²) in [6.45, 7) is 0.